The lowest BCUT2D eigenvalue weighted by Gasteiger charge is -2.17. The molecule has 2 N–H and O–H groups in total. The van der Waals surface area contributed by atoms with Crippen molar-refractivity contribution < 1.29 is 23.8 Å². The van der Waals surface area contributed by atoms with Crippen molar-refractivity contribution in [1.29, 1.82) is 0 Å². The van der Waals surface area contributed by atoms with Gasteiger partial charge < -0.3 is 24.3 Å². The minimum Gasteiger partial charge on any atom is -0.478 e. The number of ether oxygens (including phenoxy) is 2. The van der Waals surface area contributed by atoms with Gasteiger partial charge in [-0.15, -0.1) is 0 Å². The van der Waals surface area contributed by atoms with Crippen molar-refractivity contribution in [2.24, 2.45) is 4.99 Å². The maximum atomic E-state index is 12.5. The van der Waals surface area contributed by atoms with Crippen LogP contribution in [0.2, 0.25) is 0 Å². The molecule has 1 aliphatic carbocycles. The summed E-state index contributed by atoms with van der Waals surface area (Å²) in [6.07, 6.45) is 87.2. The van der Waals surface area contributed by atoms with E-state index in [-0.39, 0.29) is 5.56 Å². The van der Waals surface area contributed by atoms with Gasteiger partial charge >= 0.3 is 5.97 Å². The average Bonchev–Trinajstić information content (AvgIpc) is 0.753. The van der Waals surface area contributed by atoms with Crippen LogP contribution < -0.4 is 10.7 Å². The van der Waals surface area contributed by atoms with Gasteiger partial charge in [0, 0.05) is 73.9 Å². The van der Waals surface area contributed by atoms with Crippen LogP contribution in [0.4, 0.5) is 5.69 Å². The monoisotopic (exact) mass is 1340 g/mol. The molecule has 554 valence electrons. The molecule has 1 heterocycles. The highest BCUT2D eigenvalue weighted by Gasteiger charge is 2.21. The van der Waals surface area contributed by atoms with Crippen LogP contribution >= 0.6 is 0 Å². The van der Waals surface area contributed by atoms with Crippen molar-refractivity contribution in [2.75, 3.05) is 44.8 Å². The van der Waals surface area contributed by atoms with Crippen LogP contribution in [0.25, 0.3) is 33.4 Å². The molecule has 0 saturated carbocycles. The van der Waals surface area contributed by atoms with Gasteiger partial charge in [0.1, 0.15) is 11.3 Å². The topological polar surface area (TPSA) is 93.3 Å². The third-order valence-electron chi connectivity index (χ3n) is 21.0. The predicted octanol–water partition coefficient (Wildman–Crippen LogP) is 29.5. The number of unbranched alkanes of at least 4 members (excludes halogenated alkanes) is 58. The molecule has 0 saturated heterocycles. The molecule has 0 aromatic heterocycles. The van der Waals surface area contributed by atoms with Crippen molar-refractivity contribution >= 4 is 22.6 Å². The van der Waals surface area contributed by atoms with Crippen LogP contribution in [0.15, 0.2) is 70.1 Å². The van der Waals surface area contributed by atoms with Crippen molar-refractivity contribution in [3.05, 3.63) is 71.6 Å². The molecule has 97 heavy (non-hydrogen) atoms. The van der Waals surface area contributed by atoms with Crippen LogP contribution in [0.3, 0.4) is 0 Å². The van der Waals surface area contributed by atoms with Crippen molar-refractivity contribution in [3.8, 4) is 22.5 Å². The van der Waals surface area contributed by atoms with Gasteiger partial charge in [-0.25, -0.2) is 4.79 Å². The Morgan fingerprint density at radius 1 is 0.361 bits per heavy atom. The molecule has 2 aliphatic rings. The number of rotatable bonds is 73. The van der Waals surface area contributed by atoms with Gasteiger partial charge in [0.25, 0.3) is 0 Å². The Balaban J connectivity index is 0.947. The summed E-state index contributed by atoms with van der Waals surface area (Å²) in [6, 6.07) is 19.5. The van der Waals surface area contributed by atoms with E-state index in [0.717, 1.165) is 79.6 Å². The van der Waals surface area contributed by atoms with E-state index >= 15 is 0 Å². The van der Waals surface area contributed by atoms with Gasteiger partial charge in [-0.2, -0.15) is 0 Å². The number of anilines is 1. The Morgan fingerprint density at radius 3 is 1.05 bits per heavy atom. The molecule has 0 spiro atoms. The summed E-state index contributed by atoms with van der Waals surface area (Å²) in [5.41, 5.74) is 4.33. The minimum absolute atomic E-state index is 0.269. The Morgan fingerprint density at radius 2 is 0.691 bits per heavy atom. The van der Waals surface area contributed by atoms with Gasteiger partial charge in [0.15, 0.2) is 0 Å². The van der Waals surface area contributed by atoms with Crippen LogP contribution in [0.5, 0.6) is 0 Å². The fourth-order valence-electron chi connectivity index (χ4n) is 14.7. The zero-order chi connectivity index (χ0) is 68.5. The van der Waals surface area contributed by atoms with E-state index in [4.69, 9.17) is 18.9 Å². The lowest BCUT2D eigenvalue weighted by Crippen LogP contribution is -2.07. The van der Waals surface area contributed by atoms with Crippen LogP contribution in [0.1, 0.15) is 422 Å². The third-order valence-corrected chi connectivity index (χ3v) is 21.0. The Kier molecular flexibility index (Phi) is 56.9. The summed E-state index contributed by atoms with van der Waals surface area (Å²) in [5.74, 6) is -0.264. The van der Waals surface area contributed by atoms with Gasteiger partial charge in [-0.1, -0.05) is 404 Å². The van der Waals surface area contributed by atoms with E-state index in [1.165, 1.54) is 372 Å². The van der Waals surface area contributed by atoms with Gasteiger partial charge in [-0.05, 0) is 61.6 Å². The molecule has 0 unspecified atom stereocenters. The first-order valence-corrected chi connectivity index (χ1v) is 42.9. The molecule has 0 amide bonds. The quantitative estimate of drug-likeness (QED) is 0.0338. The number of fused-ring (bicyclic) bond motifs is 2. The maximum absolute atomic E-state index is 12.5. The van der Waals surface area contributed by atoms with Crippen LogP contribution in [0, 0.1) is 0 Å². The SMILES string of the molecule is CCCCCCCCCCCCCCCCCCCCCCCCCCCCCCCCOCCC/N=c1\ccc2c(-c3ccccc3C(=O)O)c3ccc(NCCCOCCCCCCCCCCCCCCCCCCCCCCCCCCCCCCCC)cc3oc-2c1. The molecule has 2 aromatic rings. The summed E-state index contributed by atoms with van der Waals surface area (Å²) < 4.78 is 18.7. The van der Waals surface area contributed by atoms with Crippen LogP contribution in [-0.4, -0.2) is 50.6 Å². The largest absolute Gasteiger partial charge is 0.478 e. The summed E-state index contributed by atoms with van der Waals surface area (Å²) in [6.45, 7) is 9.19. The number of carboxylic acid groups (broad SMARTS) is 1. The molecule has 7 nitrogen and oxygen atoms in total. The molecule has 1 aliphatic heterocycles. The standard InChI is InChI=1S/C90H154N2O5/c1-3-5-7-9-11-13-15-17-19-21-23-25-27-29-31-33-35-37-39-41-43-45-47-49-51-53-55-57-59-63-75-95-77-65-73-91-81-69-71-85-87(79-81)97-88-80-82(70-72-86(88)89(85)83-67-61-62-68-84(83)90(93)94)92-74-66-78-96-76-64-60-58-56-54-52-50-48-46-44-42-40-38-36-34-32-30-28-26-24-22-20-18-16-14-12-10-8-6-4-2/h61-62,67-72,79-80,91H,3-60,63-66,73-78H2,1-2H3,(H,93,94)/b92-82+. The number of carbonyl (C=O) groups is 1. The van der Waals surface area contributed by atoms with E-state index < -0.39 is 5.97 Å². The van der Waals surface area contributed by atoms with Crippen LogP contribution in [-0.2, 0) is 9.47 Å². The summed E-state index contributed by atoms with van der Waals surface area (Å²) in [5, 5.41) is 15.6. The molecular weight excluding hydrogens is 1190 g/mol. The second-order valence-electron chi connectivity index (χ2n) is 30.0. The smallest absolute Gasteiger partial charge is 0.336 e. The molecule has 0 atom stereocenters. The highest BCUT2D eigenvalue weighted by atomic mass is 16.5. The normalized spacial score (nSPS) is 12.0. The third kappa shape index (κ3) is 46.5. The van der Waals surface area contributed by atoms with Crippen molar-refractivity contribution in [3.63, 3.8) is 0 Å². The molecule has 2 aromatic carbocycles. The lowest BCUT2D eigenvalue weighted by atomic mass is 9.90. The highest BCUT2D eigenvalue weighted by Crippen LogP contribution is 2.42. The Bertz CT molecular complexity index is 2410. The lowest BCUT2D eigenvalue weighted by molar-refractivity contribution is 0.0697. The number of hydrogen-bond acceptors (Lipinski definition) is 6. The molecule has 4 rings (SSSR count). The average molecular weight is 1340 g/mol. The van der Waals surface area contributed by atoms with Crippen molar-refractivity contribution in [1.82, 2.24) is 0 Å². The number of benzene rings is 3. The van der Waals surface area contributed by atoms with Gasteiger partial charge in [0.05, 0.1) is 10.9 Å². The molecular formula is C90H154N2O5. The second kappa shape index (κ2) is 64.4. The first-order chi connectivity index (χ1) is 48.1. The summed E-state index contributed by atoms with van der Waals surface area (Å²) >= 11 is 0. The fraction of sp³-hybridized carbons (Fsp3) is 0.778. The second-order valence-corrected chi connectivity index (χ2v) is 30.0. The predicted molar refractivity (Wildman–Crippen MR) is 423 cm³/mol. The van der Waals surface area contributed by atoms with E-state index in [1.807, 2.05) is 36.4 Å². The van der Waals surface area contributed by atoms with Gasteiger partial charge in [-0.3, -0.25) is 4.99 Å². The van der Waals surface area contributed by atoms with E-state index in [0.29, 0.717) is 30.1 Å². The molecule has 0 radical (unpaired) electrons. The first-order valence-electron chi connectivity index (χ1n) is 42.9. The molecule has 7 heteroatoms. The minimum atomic E-state index is -0.948. The van der Waals surface area contributed by atoms with E-state index in [1.54, 1.807) is 12.1 Å². The van der Waals surface area contributed by atoms with Gasteiger partial charge in [0.2, 0.25) is 0 Å². The highest BCUT2D eigenvalue weighted by molar-refractivity contribution is 6.07. The number of nitrogens with zero attached hydrogens (tertiary/aromatic N) is 1. The fourth-order valence-corrected chi connectivity index (χ4v) is 14.7. The number of carboxylic acids is 1. The first kappa shape index (κ1) is 85.7. The Hall–Kier alpha value is -3.68. The zero-order valence-corrected chi connectivity index (χ0v) is 63.9. The maximum Gasteiger partial charge on any atom is 0.336 e. The number of nitrogens with one attached hydrogen (secondary N) is 1. The molecule has 0 fully saturated rings. The molecule has 0 bridgehead atoms. The van der Waals surface area contributed by atoms with E-state index in [9.17, 15) is 9.90 Å². The number of hydrogen-bond donors (Lipinski definition) is 2. The summed E-state index contributed by atoms with van der Waals surface area (Å²) in [4.78, 5) is 17.4. The zero-order valence-electron chi connectivity index (χ0n) is 63.9. The van der Waals surface area contributed by atoms with E-state index in [2.05, 4.69) is 31.3 Å². The van der Waals surface area contributed by atoms with Crippen molar-refractivity contribution in [2.45, 2.75) is 412 Å². The Labute approximate surface area is 599 Å². The summed E-state index contributed by atoms with van der Waals surface area (Å²) in [7, 11) is 0. The number of aromatic carboxylic acids is 1.